The van der Waals surface area contributed by atoms with Gasteiger partial charge < -0.3 is 14.3 Å². The lowest BCUT2D eigenvalue weighted by Gasteiger charge is -2.12. The van der Waals surface area contributed by atoms with Gasteiger partial charge in [-0.05, 0) is 18.6 Å². The number of unbranched alkanes of at least 4 members (excludes halogenated alkanes) is 8. The highest BCUT2D eigenvalue weighted by Crippen LogP contribution is 2.12. The first-order valence-corrected chi connectivity index (χ1v) is 10.1. The summed E-state index contributed by atoms with van der Waals surface area (Å²) in [6, 6.07) is 0. The second-order valence-electron chi connectivity index (χ2n) is 6.33. The van der Waals surface area contributed by atoms with E-state index in [0.717, 1.165) is 18.6 Å². The SMILES string of the molecule is O=C(COCOCCCCCCCCCCCS)ON1C(=O)CCC1=O. The van der Waals surface area contributed by atoms with Gasteiger partial charge in [0, 0.05) is 19.4 Å². The number of hydrogen-bond acceptors (Lipinski definition) is 7. The van der Waals surface area contributed by atoms with Crippen molar-refractivity contribution in [2.24, 2.45) is 0 Å². The first-order valence-electron chi connectivity index (χ1n) is 9.48. The van der Waals surface area contributed by atoms with Crippen LogP contribution >= 0.6 is 12.6 Å². The zero-order valence-electron chi connectivity index (χ0n) is 15.5. The molecule has 26 heavy (non-hydrogen) atoms. The molecule has 1 rings (SSSR count). The number of carbonyl (C=O) groups is 3. The molecule has 7 nitrogen and oxygen atoms in total. The molecule has 0 atom stereocenters. The summed E-state index contributed by atoms with van der Waals surface area (Å²) >= 11 is 4.20. The fourth-order valence-electron chi connectivity index (χ4n) is 2.58. The van der Waals surface area contributed by atoms with Crippen LogP contribution in [0.3, 0.4) is 0 Å². The molecular formula is C18H31NO6S. The predicted octanol–water partition coefficient (Wildman–Crippen LogP) is 3.03. The van der Waals surface area contributed by atoms with E-state index in [9.17, 15) is 14.4 Å². The van der Waals surface area contributed by atoms with Crippen LogP contribution in [0.4, 0.5) is 0 Å². The van der Waals surface area contributed by atoms with Crippen LogP contribution in [0.25, 0.3) is 0 Å². The van der Waals surface area contributed by atoms with Crippen LogP contribution in [0.5, 0.6) is 0 Å². The van der Waals surface area contributed by atoms with Gasteiger partial charge in [0.25, 0.3) is 11.8 Å². The molecule has 2 amide bonds. The third-order valence-corrected chi connectivity index (χ3v) is 4.35. The highest BCUT2D eigenvalue weighted by atomic mass is 32.1. The van der Waals surface area contributed by atoms with Crippen molar-refractivity contribution in [3.8, 4) is 0 Å². The summed E-state index contributed by atoms with van der Waals surface area (Å²) in [6.45, 7) is 0.215. The Morgan fingerprint density at radius 1 is 0.846 bits per heavy atom. The Morgan fingerprint density at radius 2 is 1.38 bits per heavy atom. The average Bonchev–Trinajstić information content (AvgIpc) is 2.94. The summed E-state index contributed by atoms with van der Waals surface area (Å²) in [6.07, 6.45) is 11.1. The molecule has 0 bridgehead atoms. The largest absolute Gasteiger partial charge is 0.358 e. The van der Waals surface area contributed by atoms with E-state index in [-0.39, 0.29) is 26.2 Å². The number of carbonyl (C=O) groups excluding carboxylic acids is 3. The minimum atomic E-state index is -0.786. The number of hydroxylamine groups is 2. The number of nitrogens with zero attached hydrogens (tertiary/aromatic N) is 1. The molecule has 1 aliphatic heterocycles. The smallest absolute Gasteiger partial charge is 0.355 e. The van der Waals surface area contributed by atoms with E-state index < -0.39 is 17.8 Å². The van der Waals surface area contributed by atoms with E-state index in [1.807, 2.05) is 0 Å². The van der Waals surface area contributed by atoms with Crippen LogP contribution in [0.15, 0.2) is 0 Å². The fourth-order valence-corrected chi connectivity index (χ4v) is 2.81. The van der Waals surface area contributed by atoms with Gasteiger partial charge in [0.1, 0.15) is 13.4 Å². The first kappa shape index (κ1) is 22.9. The van der Waals surface area contributed by atoms with Crippen molar-refractivity contribution < 1.29 is 28.7 Å². The molecule has 0 aliphatic carbocycles. The highest BCUT2D eigenvalue weighted by Gasteiger charge is 2.32. The molecule has 0 aromatic heterocycles. The second kappa shape index (κ2) is 15.0. The number of rotatable bonds is 16. The average molecular weight is 390 g/mol. The lowest BCUT2D eigenvalue weighted by molar-refractivity contribution is -0.202. The molecule has 8 heteroatoms. The lowest BCUT2D eigenvalue weighted by atomic mass is 10.1. The van der Waals surface area contributed by atoms with Crippen molar-refractivity contribution in [1.29, 1.82) is 0 Å². The monoisotopic (exact) mass is 389 g/mol. The molecule has 0 aromatic rings. The third kappa shape index (κ3) is 10.8. The van der Waals surface area contributed by atoms with E-state index >= 15 is 0 Å². The molecule has 0 aromatic carbocycles. The van der Waals surface area contributed by atoms with E-state index in [2.05, 4.69) is 17.5 Å². The van der Waals surface area contributed by atoms with Gasteiger partial charge in [-0.1, -0.05) is 44.9 Å². The minimum Gasteiger partial charge on any atom is -0.355 e. The van der Waals surface area contributed by atoms with Crippen molar-refractivity contribution in [2.45, 2.75) is 70.6 Å². The minimum absolute atomic E-state index is 0.0118. The predicted molar refractivity (Wildman–Crippen MR) is 99.4 cm³/mol. The quantitative estimate of drug-likeness (QED) is 0.189. The summed E-state index contributed by atoms with van der Waals surface area (Å²) < 4.78 is 10.3. The Labute approximate surface area is 161 Å². The van der Waals surface area contributed by atoms with Gasteiger partial charge in [-0.3, -0.25) is 9.59 Å². The van der Waals surface area contributed by atoms with Gasteiger partial charge in [-0.15, -0.1) is 5.06 Å². The standard InChI is InChI=1S/C18H31NO6S/c20-16-10-11-17(21)19(16)25-18(22)14-24-15-23-12-8-6-4-2-1-3-5-7-9-13-26/h26H,1-15H2. The van der Waals surface area contributed by atoms with E-state index in [1.54, 1.807) is 0 Å². The Morgan fingerprint density at radius 3 is 1.96 bits per heavy atom. The maximum Gasteiger partial charge on any atom is 0.358 e. The number of imide groups is 1. The normalized spacial score (nSPS) is 14.3. The first-order chi connectivity index (χ1) is 12.6. The van der Waals surface area contributed by atoms with E-state index in [4.69, 9.17) is 9.47 Å². The van der Waals surface area contributed by atoms with Crippen LogP contribution in [-0.2, 0) is 28.7 Å². The maximum atomic E-state index is 11.5. The van der Waals surface area contributed by atoms with Gasteiger partial charge in [0.2, 0.25) is 0 Å². The van der Waals surface area contributed by atoms with Crippen LogP contribution < -0.4 is 0 Å². The second-order valence-corrected chi connectivity index (χ2v) is 6.77. The number of hydrogen-bond donors (Lipinski definition) is 1. The molecule has 1 heterocycles. The summed E-state index contributed by atoms with van der Waals surface area (Å²) in [5, 5.41) is 0.507. The number of ether oxygens (including phenoxy) is 2. The molecule has 0 saturated carbocycles. The summed E-state index contributed by atoms with van der Waals surface area (Å²) in [4.78, 5) is 38.7. The molecule has 150 valence electrons. The van der Waals surface area contributed by atoms with Crippen molar-refractivity contribution in [3.63, 3.8) is 0 Å². The van der Waals surface area contributed by atoms with E-state index in [1.165, 1.54) is 44.9 Å². The zero-order chi connectivity index (χ0) is 19.0. The molecule has 1 saturated heterocycles. The molecule has 0 N–H and O–H groups in total. The Hall–Kier alpha value is -1.12. The van der Waals surface area contributed by atoms with Crippen molar-refractivity contribution in [1.82, 2.24) is 5.06 Å². The summed E-state index contributed by atoms with van der Waals surface area (Å²) in [5.41, 5.74) is 0. The highest BCUT2D eigenvalue weighted by molar-refractivity contribution is 7.80. The maximum absolute atomic E-state index is 11.5. The van der Waals surface area contributed by atoms with Crippen LogP contribution in [-0.4, -0.2) is 48.6 Å². The molecule has 1 aliphatic rings. The summed E-state index contributed by atoms with van der Waals surface area (Å²) in [7, 11) is 0. The van der Waals surface area contributed by atoms with Gasteiger partial charge >= 0.3 is 5.97 Å². The molecule has 0 unspecified atom stereocenters. The van der Waals surface area contributed by atoms with Gasteiger partial charge in [-0.25, -0.2) is 4.79 Å². The van der Waals surface area contributed by atoms with Crippen LogP contribution in [0, 0.1) is 0 Å². The molecular weight excluding hydrogens is 358 g/mol. The molecule has 0 radical (unpaired) electrons. The van der Waals surface area contributed by atoms with Crippen molar-refractivity contribution in [3.05, 3.63) is 0 Å². The zero-order valence-corrected chi connectivity index (χ0v) is 16.3. The number of amides is 2. The molecule has 1 fully saturated rings. The van der Waals surface area contributed by atoms with Crippen LogP contribution in [0.2, 0.25) is 0 Å². The van der Waals surface area contributed by atoms with Crippen LogP contribution in [0.1, 0.15) is 70.6 Å². The van der Waals surface area contributed by atoms with Crippen molar-refractivity contribution in [2.75, 3.05) is 25.8 Å². The Bertz CT molecular complexity index is 416. The Balaban J connectivity index is 1.82. The lowest BCUT2D eigenvalue weighted by Crippen LogP contribution is -2.33. The molecule has 0 spiro atoms. The Kier molecular flexibility index (Phi) is 13.2. The summed E-state index contributed by atoms with van der Waals surface area (Å²) in [5.74, 6) is -0.802. The van der Waals surface area contributed by atoms with Gasteiger partial charge in [-0.2, -0.15) is 12.6 Å². The fraction of sp³-hybridized carbons (Fsp3) is 0.833. The topological polar surface area (TPSA) is 82.1 Å². The van der Waals surface area contributed by atoms with E-state index in [0.29, 0.717) is 11.7 Å². The number of thiol groups is 1. The third-order valence-electron chi connectivity index (χ3n) is 4.03. The van der Waals surface area contributed by atoms with Gasteiger partial charge in [0.15, 0.2) is 0 Å². The van der Waals surface area contributed by atoms with Crippen molar-refractivity contribution >= 4 is 30.4 Å². The van der Waals surface area contributed by atoms with Gasteiger partial charge in [0.05, 0.1) is 0 Å².